The minimum absolute atomic E-state index is 0.0192. The van der Waals surface area contributed by atoms with Gasteiger partial charge >= 0.3 is 0 Å². The highest BCUT2D eigenvalue weighted by Gasteiger charge is 2.49. The van der Waals surface area contributed by atoms with E-state index in [1.54, 1.807) is 0 Å². The van der Waals surface area contributed by atoms with Gasteiger partial charge in [-0.25, -0.2) is 9.37 Å². The average Bonchev–Trinajstić information content (AvgIpc) is 3.47. The number of nitrogens with zero attached hydrogens (tertiary/aromatic N) is 5. The summed E-state index contributed by atoms with van der Waals surface area (Å²) in [6.07, 6.45) is 5.75. The van der Waals surface area contributed by atoms with Crippen molar-refractivity contribution < 1.29 is 9.18 Å². The first-order valence-electron chi connectivity index (χ1n) is 12.8. The number of aromatic nitrogens is 2. The topological polar surface area (TPSA) is 44.6 Å². The van der Waals surface area contributed by atoms with Crippen LogP contribution in [-0.2, 0) is 11.3 Å². The molecule has 1 aromatic heterocycles. The van der Waals surface area contributed by atoms with E-state index in [0.717, 1.165) is 56.0 Å². The standard InChI is InChI=1S/C29H36FN5O/c1-21(22-5-9-24(30)10-6-22)35-20-31-17-26(35)18-33-15-16-34(28(36)29(2)13-14-29)27(19-33)23-7-11-25(12-8-23)32(3)4/h5-12,17,20-21,27H,13-16,18-19H2,1-4H3. The fourth-order valence-electron chi connectivity index (χ4n) is 5.19. The quantitative estimate of drug-likeness (QED) is 0.474. The van der Waals surface area contributed by atoms with Crippen molar-refractivity contribution in [2.24, 2.45) is 5.41 Å². The van der Waals surface area contributed by atoms with E-state index < -0.39 is 0 Å². The summed E-state index contributed by atoms with van der Waals surface area (Å²) in [6, 6.07) is 15.3. The monoisotopic (exact) mass is 489 g/mol. The number of rotatable bonds is 7. The lowest BCUT2D eigenvalue weighted by Gasteiger charge is -2.43. The molecule has 1 saturated heterocycles. The number of imidazole rings is 1. The SMILES string of the molecule is CC(c1ccc(F)cc1)n1cncc1CN1CCN(C(=O)C2(C)CC2)C(c2ccc(N(C)C)cc2)C1. The Labute approximate surface area is 213 Å². The van der Waals surface area contributed by atoms with Crippen LogP contribution in [0.4, 0.5) is 10.1 Å². The molecule has 1 aliphatic heterocycles. The zero-order valence-corrected chi connectivity index (χ0v) is 21.7. The minimum atomic E-state index is -0.228. The van der Waals surface area contributed by atoms with E-state index in [1.807, 2.05) is 38.8 Å². The first-order chi connectivity index (χ1) is 17.2. The van der Waals surface area contributed by atoms with Crippen molar-refractivity contribution in [3.05, 3.63) is 83.7 Å². The summed E-state index contributed by atoms with van der Waals surface area (Å²) in [5.41, 5.74) is 4.30. The van der Waals surface area contributed by atoms with Crippen LogP contribution in [-0.4, -0.2) is 59.0 Å². The summed E-state index contributed by atoms with van der Waals surface area (Å²) < 4.78 is 15.6. The summed E-state index contributed by atoms with van der Waals surface area (Å²) in [4.78, 5) is 24.5. The molecule has 3 aromatic rings. The van der Waals surface area contributed by atoms with Crippen LogP contribution in [0.5, 0.6) is 0 Å². The van der Waals surface area contributed by atoms with Crippen LogP contribution < -0.4 is 4.90 Å². The zero-order valence-electron chi connectivity index (χ0n) is 21.7. The lowest BCUT2D eigenvalue weighted by Crippen LogP contribution is -2.52. The summed E-state index contributed by atoms with van der Waals surface area (Å²) in [7, 11) is 4.08. The Morgan fingerprint density at radius 1 is 1.11 bits per heavy atom. The Morgan fingerprint density at radius 2 is 1.81 bits per heavy atom. The van der Waals surface area contributed by atoms with Crippen LogP contribution in [0.1, 0.15) is 55.6 Å². The molecule has 2 unspecified atom stereocenters. The molecule has 1 amide bonds. The summed E-state index contributed by atoms with van der Waals surface area (Å²) in [5, 5.41) is 0. The number of halogens is 1. The zero-order chi connectivity index (χ0) is 25.4. The molecule has 2 heterocycles. The summed E-state index contributed by atoms with van der Waals surface area (Å²) >= 11 is 0. The van der Waals surface area contributed by atoms with Crippen molar-refractivity contribution in [1.82, 2.24) is 19.4 Å². The molecule has 0 bridgehead atoms. The Kier molecular flexibility index (Phi) is 6.60. The van der Waals surface area contributed by atoms with E-state index in [2.05, 4.69) is 62.4 Å². The van der Waals surface area contributed by atoms with E-state index in [1.165, 1.54) is 17.7 Å². The van der Waals surface area contributed by atoms with Gasteiger partial charge in [0.1, 0.15) is 5.82 Å². The minimum Gasteiger partial charge on any atom is -0.378 e. The Balaban J connectivity index is 1.36. The van der Waals surface area contributed by atoms with Crippen LogP contribution in [0.2, 0.25) is 0 Å². The smallest absolute Gasteiger partial charge is 0.229 e. The molecule has 2 aliphatic rings. The van der Waals surface area contributed by atoms with Crippen LogP contribution in [0, 0.1) is 11.2 Å². The van der Waals surface area contributed by atoms with E-state index >= 15 is 0 Å². The second-order valence-electron chi connectivity index (χ2n) is 10.8. The summed E-state index contributed by atoms with van der Waals surface area (Å²) in [6.45, 7) is 7.28. The van der Waals surface area contributed by atoms with Gasteiger partial charge in [-0.2, -0.15) is 0 Å². The molecular weight excluding hydrogens is 453 g/mol. The number of benzene rings is 2. The average molecular weight is 490 g/mol. The van der Waals surface area contributed by atoms with Gasteiger partial charge in [0.05, 0.1) is 24.1 Å². The maximum absolute atomic E-state index is 13.4. The van der Waals surface area contributed by atoms with Crippen LogP contribution in [0.15, 0.2) is 61.1 Å². The van der Waals surface area contributed by atoms with Crippen molar-refractivity contribution in [3.63, 3.8) is 0 Å². The van der Waals surface area contributed by atoms with Crippen LogP contribution in [0.25, 0.3) is 0 Å². The molecular formula is C29H36FN5O. The molecule has 0 N–H and O–H groups in total. The van der Waals surface area contributed by atoms with E-state index in [9.17, 15) is 9.18 Å². The fraction of sp³-hybridized carbons (Fsp3) is 0.448. The summed E-state index contributed by atoms with van der Waals surface area (Å²) in [5.74, 6) is 0.0627. The number of piperazine rings is 1. The van der Waals surface area contributed by atoms with Gasteiger partial charge in [0.25, 0.3) is 0 Å². The second-order valence-corrected chi connectivity index (χ2v) is 10.8. The number of carbonyl (C=O) groups is 1. The normalized spacial score (nSPS) is 20.2. The Morgan fingerprint density at radius 3 is 2.44 bits per heavy atom. The van der Waals surface area contributed by atoms with Crippen molar-refractivity contribution >= 4 is 11.6 Å². The van der Waals surface area contributed by atoms with E-state index in [0.29, 0.717) is 5.91 Å². The Bertz CT molecular complexity index is 1200. The molecule has 36 heavy (non-hydrogen) atoms. The van der Waals surface area contributed by atoms with Crippen LogP contribution >= 0.6 is 0 Å². The van der Waals surface area contributed by atoms with Gasteiger partial charge in [0, 0.05) is 57.6 Å². The number of carbonyl (C=O) groups excluding carboxylic acids is 1. The van der Waals surface area contributed by atoms with E-state index in [-0.39, 0.29) is 23.3 Å². The van der Waals surface area contributed by atoms with Crippen molar-refractivity contribution in [2.45, 2.75) is 45.3 Å². The molecule has 5 rings (SSSR count). The highest BCUT2D eigenvalue weighted by molar-refractivity contribution is 5.85. The molecule has 2 atom stereocenters. The Hall–Kier alpha value is -3.19. The molecule has 190 valence electrons. The van der Waals surface area contributed by atoms with E-state index in [4.69, 9.17) is 0 Å². The molecule has 2 aromatic carbocycles. The van der Waals surface area contributed by atoms with Crippen molar-refractivity contribution in [2.75, 3.05) is 38.6 Å². The van der Waals surface area contributed by atoms with Gasteiger partial charge < -0.3 is 14.4 Å². The lowest BCUT2D eigenvalue weighted by atomic mass is 9.98. The molecule has 6 nitrogen and oxygen atoms in total. The second kappa shape index (κ2) is 9.69. The highest BCUT2D eigenvalue weighted by atomic mass is 19.1. The lowest BCUT2D eigenvalue weighted by molar-refractivity contribution is -0.141. The predicted molar refractivity (Wildman–Crippen MR) is 140 cm³/mol. The third-order valence-electron chi connectivity index (χ3n) is 7.94. The molecule has 7 heteroatoms. The molecule has 2 fully saturated rings. The maximum Gasteiger partial charge on any atom is 0.229 e. The first-order valence-corrected chi connectivity index (χ1v) is 12.8. The van der Waals surface area contributed by atoms with Gasteiger partial charge in [-0.3, -0.25) is 9.69 Å². The first kappa shape index (κ1) is 24.5. The molecule has 1 aliphatic carbocycles. The van der Waals surface area contributed by atoms with Gasteiger partial charge in [0.2, 0.25) is 5.91 Å². The van der Waals surface area contributed by atoms with Gasteiger partial charge in [-0.1, -0.05) is 31.2 Å². The van der Waals surface area contributed by atoms with Crippen molar-refractivity contribution in [1.29, 1.82) is 0 Å². The molecule has 0 radical (unpaired) electrons. The molecule has 1 saturated carbocycles. The largest absolute Gasteiger partial charge is 0.378 e. The predicted octanol–water partition coefficient (Wildman–Crippen LogP) is 4.88. The third kappa shape index (κ3) is 4.89. The highest BCUT2D eigenvalue weighted by Crippen LogP contribution is 2.48. The van der Waals surface area contributed by atoms with Gasteiger partial charge in [-0.15, -0.1) is 0 Å². The third-order valence-corrected chi connectivity index (χ3v) is 7.94. The number of hydrogen-bond donors (Lipinski definition) is 0. The number of hydrogen-bond acceptors (Lipinski definition) is 4. The van der Waals surface area contributed by atoms with Crippen molar-refractivity contribution in [3.8, 4) is 0 Å². The number of amides is 1. The number of anilines is 1. The fourth-order valence-corrected chi connectivity index (χ4v) is 5.19. The van der Waals surface area contributed by atoms with Gasteiger partial charge in [0.15, 0.2) is 0 Å². The van der Waals surface area contributed by atoms with Crippen LogP contribution in [0.3, 0.4) is 0 Å². The molecule has 0 spiro atoms. The van der Waals surface area contributed by atoms with Gasteiger partial charge in [-0.05, 0) is 55.2 Å². The maximum atomic E-state index is 13.4.